The summed E-state index contributed by atoms with van der Waals surface area (Å²) < 4.78 is 5.47. The number of carbonyl (C=O) groups excluding carboxylic acids is 3. The Hall–Kier alpha value is -2.22. The van der Waals surface area contributed by atoms with Gasteiger partial charge in [-0.1, -0.05) is 68.9 Å². The molecule has 0 aromatic heterocycles. The van der Waals surface area contributed by atoms with Gasteiger partial charge in [-0.05, 0) is 72.0 Å². The number of alkyl carbamates (subject to hydrolysis) is 1. The summed E-state index contributed by atoms with van der Waals surface area (Å²) in [5, 5.41) is 5.83. The topological polar surface area (TPSA) is 87.7 Å². The molecule has 0 aliphatic heterocycles. The lowest BCUT2D eigenvalue weighted by atomic mass is 9.99. The molecular weight excluding hydrogens is 498 g/mol. The second-order valence-electron chi connectivity index (χ2n) is 11.3. The van der Waals surface area contributed by atoms with Crippen molar-refractivity contribution in [2.45, 2.75) is 117 Å². The average Bonchev–Trinajstić information content (AvgIpc) is 2.81. The summed E-state index contributed by atoms with van der Waals surface area (Å²) in [7, 11) is 0. The zero-order valence-corrected chi connectivity index (χ0v) is 25.7. The number of unbranched alkanes of at least 4 members (excludes halogenated alkanes) is 5. The Labute approximate surface area is 235 Å². The number of ether oxygens (including phenoxy) is 1. The summed E-state index contributed by atoms with van der Waals surface area (Å²) in [6.07, 6.45) is 8.17. The van der Waals surface area contributed by atoms with Crippen LogP contribution in [-0.2, 0) is 14.3 Å². The highest BCUT2D eigenvalue weighted by Gasteiger charge is 2.36. The van der Waals surface area contributed by atoms with Crippen molar-refractivity contribution >= 4 is 29.7 Å². The molecule has 0 bridgehead atoms. The van der Waals surface area contributed by atoms with Gasteiger partial charge in [0.1, 0.15) is 17.7 Å². The Morgan fingerprint density at radius 1 is 1.03 bits per heavy atom. The van der Waals surface area contributed by atoms with Gasteiger partial charge in [-0.25, -0.2) is 4.79 Å². The molecular formula is C30H51N3O4S. The quantitative estimate of drug-likeness (QED) is 0.233. The van der Waals surface area contributed by atoms with Gasteiger partial charge in [0.2, 0.25) is 11.8 Å². The summed E-state index contributed by atoms with van der Waals surface area (Å²) in [6, 6.07) is 6.09. The predicted molar refractivity (Wildman–Crippen MR) is 158 cm³/mol. The number of carbonyl (C=O) groups is 3. The molecule has 0 saturated carbocycles. The van der Waals surface area contributed by atoms with Crippen LogP contribution in [0.25, 0.3) is 0 Å². The highest BCUT2D eigenvalue weighted by molar-refractivity contribution is 7.98. The molecule has 0 aliphatic rings. The number of amides is 3. The van der Waals surface area contributed by atoms with Crippen molar-refractivity contribution in [3.63, 3.8) is 0 Å². The number of thioether (sulfide) groups is 1. The van der Waals surface area contributed by atoms with Gasteiger partial charge in [0.05, 0.1) is 0 Å². The van der Waals surface area contributed by atoms with Crippen LogP contribution in [0.4, 0.5) is 4.79 Å². The number of hydrogen-bond donors (Lipinski definition) is 2. The molecule has 8 heteroatoms. The number of hydrogen-bond acceptors (Lipinski definition) is 5. The molecule has 2 N–H and O–H groups in total. The van der Waals surface area contributed by atoms with Gasteiger partial charge in [-0.3, -0.25) is 9.59 Å². The van der Waals surface area contributed by atoms with E-state index in [1.54, 1.807) is 37.4 Å². The van der Waals surface area contributed by atoms with E-state index in [9.17, 15) is 14.4 Å². The SMILES string of the molecule is CCCCCCCCN(C(=O)C(CCSC)NC(=O)OC(C)(C)C)C(C(=O)NC(C)C)c1cccc(C)c1. The van der Waals surface area contributed by atoms with E-state index in [0.717, 1.165) is 36.8 Å². The summed E-state index contributed by atoms with van der Waals surface area (Å²) in [6.45, 7) is 13.8. The van der Waals surface area contributed by atoms with E-state index in [1.165, 1.54) is 12.8 Å². The number of aryl methyl sites for hydroxylation is 1. The van der Waals surface area contributed by atoms with Crippen LogP contribution in [0.5, 0.6) is 0 Å². The van der Waals surface area contributed by atoms with Crippen molar-refractivity contribution < 1.29 is 19.1 Å². The van der Waals surface area contributed by atoms with Crippen LogP contribution in [0.15, 0.2) is 24.3 Å². The lowest BCUT2D eigenvalue weighted by molar-refractivity contribution is -0.142. The molecule has 216 valence electrons. The molecule has 0 spiro atoms. The summed E-state index contributed by atoms with van der Waals surface area (Å²) >= 11 is 1.61. The molecule has 0 saturated heterocycles. The third kappa shape index (κ3) is 13.0. The minimum atomic E-state index is -0.795. The standard InChI is InChI=1S/C30H51N3O4S/c1-9-10-11-12-13-14-19-33(26(27(34)31-22(2)3)24-17-15-16-23(4)21-24)28(35)25(18-20-38-8)32-29(36)37-30(5,6)7/h15-17,21-22,25-26H,9-14,18-20H2,1-8H3,(H,31,34)(H,32,36). The van der Waals surface area contributed by atoms with Gasteiger partial charge in [0.15, 0.2) is 0 Å². The molecule has 2 unspecified atom stereocenters. The number of benzene rings is 1. The predicted octanol–water partition coefficient (Wildman–Crippen LogP) is 6.40. The van der Waals surface area contributed by atoms with E-state index in [0.29, 0.717) is 18.7 Å². The first kappa shape index (κ1) is 33.8. The van der Waals surface area contributed by atoms with Crippen LogP contribution in [0.1, 0.15) is 104 Å². The van der Waals surface area contributed by atoms with Gasteiger partial charge in [-0.15, -0.1) is 0 Å². The van der Waals surface area contributed by atoms with Gasteiger partial charge in [0, 0.05) is 12.6 Å². The fourth-order valence-corrected chi connectivity index (χ4v) is 4.72. The van der Waals surface area contributed by atoms with E-state index >= 15 is 0 Å². The smallest absolute Gasteiger partial charge is 0.408 e. The maximum atomic E-state index is 14.2. The third-order valence-corrected chi connectivity index (χ3v) is 6.63. The van der Waals surface area contributed by atoms with Crippen molar-refractivity contribution in [2.24, 2.45) is 0 Å². The van der Waals surface area contributed by atoms with E-state index in [-0.39, 0.29) is 17.9 Å². The van der Waals surface area contributed by atoms with Crippen LogP contribution >= 0.6 is 11.8 Å². The van der Waals surface area contributed by atoms with Crippen LogP contribution in [0, 0.1) is 6.92 Å². The van der Waals surface area contributed by atoms with Crippen molar-refractivity contribution in [3.8, 4) is 0 Å². The van der Waals surface area contributed by atoms with Crippen LogP contribution in [0.2, 0.25) is 0 Å². The molecule has 2 atom stereocenters. The zero-order valence-electron chi connectivity index (χ0n) is 24.9. The largest absolute Gasteiger partial charge is 0.444 e. The highest BCUT2D eigenvalue weighted by Crippen LogP contribution is 2.25. The van der Waals surface area contributed by atoms with Crippen LogP contribution in [0.3, 0.4) is 0 Å². The molecule has 0 aliphatic carbocycles. The molecule has 7 nitrogen and oxygen atoms in total. The second-order valence-corrected chi connectivity index (χ2v) is 12.2. The summed E-state index contributed by atoms with van der Waals surface area (Å²) in [5.41, 5.74) is 1.10. The molecule has 0 radical (unpaired) electrons. The van der Waals surface area contributed by atoms with Crippen LogP contribution < -0.4 is 10.6 Å². The highest BCUT2D eigenvalue weighted by atomic mass is 32.2. The van der Waals surface area contributed by atoms with Gasteiger partial charge < -0.3 is 20.3 Å². The third-order valence-electron chi connectivity index (χ3n) is 5.98. The van der Waals surface area contributed by atoms with E-state index in [2.05, 4.69) is 17.6 Å². The lowest BCUT2D eigenvalue weighted by Gasteiger charge is -2.35. The molecule has 3 amide bonds. The van der Waals surface area contributed by atoms with Gasteiger partial charge >= 0.3 is 6.09 Å². The second kappa shape index (κ2) is 17.4. The fourth-order valence-electron chi connectivity index (χ4n) is 4.25. The van der Waals surface area contributed by atoms with Crippen molar-refractivity contribution in [2.75, 3.05) is 18.6 Å². The molecule has 1 aromatic carbocycles. The fraction of sp³-hybridized carbons (Fsp3) is 0.700. The van der Waals surface area contributed by atoms with E-state index in [4.69, 9.17) is 4.74 Å². The van der Waals surface area contributed by atoms with E-state index in [1.807, 2.05) is 51.3 Å². The molecule has 0 heterocycles. The Morgan fingerprint density at radius 2 is 1.68 bits per heavy atom. The van der Waals surface area contributed by atoms with E-state index < -0.39 is 23.8 Å². The minimum Gasteiger partial charge on any atom is -0.444 e. The molecule has 1 rings (SSSR count). The Balaban J connectivity index is 3.39. The maximum Gasteiger partial charge on any atom is 0.408 e. The molecule has 38 heavy (non-hydrogen) atoms. The Morgan fingerprint density at radius 3 is 2.26 bits per heavy atom. The minimum absolute atomic E-state index is 0.0759. The Kier molecular flexibility index (Phi) is 15.5. The van der Waals surface area contributed by atoms with Gasteiger partial charge in [-0.2, -0.15) is 11.8 Å². The lowest BCUT2D eigenvalue weighted by Crippen LogP contribution is -2.54. The summed E-state index contributed by atoms with van der Waals surface area (Å²) in [5.74, 6) is 0.208. The van der Waals surface area contributed by atoms with Crippen LogP contribution in [-0.4, -0.2) is 59.0 Å². The number of rotatable bonds is 16. The van der Waals surface area contributed by atoms with Gasteiger partial charge in [0.25, 0.3) is 0 Å². The monoisotopic (exact) mass is 549 g/mol. The maximum absolute atomic E-state index is 14.2. The number of nitrogens with zero attached hydrogens (tertiary/aromatic N) is 1. The normalized spacial score (nSPS) is 13.1. The number of nitrogens with one attached hydrogen (secondary N) is 2. The first-order chi connectivity index (χ1) is 17.9. The first-order valence-corrected chi connectivity index (χ1v) is 15.4. The molecule has 0 fully saturated rings. The average molecular weight is 550 g/mol. The van der Waals surface area contributed by atoms with Crippen molar-refractivity contribution in [3.05, 3.63) is 35.4 Å². The van der Waals surface area contributed by atoms with Crippen molar-refractivity contribution in [1.82, 2.24) is 15.5 Å². The zero-order chi connectivity index (χ0) is 28.7. The molecule has 1 aromatic rings. The van der Waals surface area contributed by atoms with Crippen molar-refractivity contribution in [1.29, 1.82) is 0 Å². The Bertz CT molecular complexity index is 869. The first-order valence-electron chi connectivity index (χ1n) is 14.1. The summed E-state index contributed by atoms with van der Waals surface area (Å²) in [4.78, 5) is 42.2.